The SMILES string of the molecule is N#Cc1ccc(-c2cc(-c3ccc(-n4c5ccc(-n6c7ccccc7c7ccccc76)cc5c5cc(-n6c7ccccc7c7ccccc76)ccc54)cc3)nc(-c3ccc(-n4c5ccc(-n6c7ccccc7c7ccccc76)cc5c5cc(-n6c7ccccc7c7ccccc76)ccc54)cc3)c2)cc1. The summed E-state index contributed by atoms with van der Waals surface area (Å²) in [5.74, 6) is 0. The number of nitriles is 1. The van der Waals surface area contributed by atoms with E-state index in [9.17, 15) is 5.26 Å². The molecule has 0 fully saturated rings. The van der Waals surface area contributed by atoms with Crippen LogP contribution in [0.3, 0.4) is 0 Å². The zero-order chi connectivity index (χ0) is 68.3. The van der Waals surface area contributed by atoms with Crippen molar-refractivity contribution in [3.05, 3.63) is 357 Å². The first-order chi connectivity index (χ1) is 51.5. The maximum Gasteiger partial charge on any atom is 0.0991 e. The van der Waals surface area contributed by atoms with Crippen molar-refractivity contribution >= 4 is 131 Å². The van der Waals surface area contributed by atoms with Gasteiger partial charge in [-0.05, 0) is 181 Å². The molecular weight excluding hydrogens is 1270 g/mol. The van der Waals surface area contributed by atoms with Crippen molar-refractivity contribution in [2.75, 3.05) is 0 Å². The van der Waals surface area contributed by atoms with Crippen LogP contribution in [0, 0.1) is 11.3 Å². The lowest BCUT2D eigenvalue weighted by Crippen LogP contribution is -1.97. The summed E-state index contributed by atoms with van der Waals surface area (Å²) >= 11 is 0. The molecule has 7 aromatic heterocycles. The van der Waals surface area contributed by atoms with Gasteiger partial charge in [0.05, 0.1) is 89.2 Å². The Morgan fingerprint density at radius 2 is 0.394 bits per heavy atom. The third kappa shape index (κ3) is 8.56. The van der Waals surface area contributed by atoms with Gasteiger partial charge in [-0.25, -0.2) is 4.98 Å². The summed E-state index contributed by atoms with van der Waals surface area (Å²) in [4.78, 5) is 5.55. The maximum atomic E-state index is 9.92. The molecule has 22 rings (SSSR count). The number of fused-ring (bicyclic) bond motifs is 18. The van der Waals surface area contributed by atoms with Crippen molar-refractivity contribution in [2.24, 2.45) is 0 Å². The van der Waals surface area contributed by atoms with Crippen LogP contribution in [-0.2, 0) is 0 Å². The maximum absolute atomic E-state index is 9.92. The minimum atomic E-state index is 0.612. The molecule has 0 bridgehead atoms. The number of aromatic nitrogens is 7. The molecule has 0 aliphatic carbocycles. The number of rotatable bonds is 9. The Balaban J connectivity index is 0.680. The predicted molar refractivity (Wildman–Crippen MR) is 431 cm³/mol. The van der Waals surface area contributed by atoms with E-state index in [4.69, 9.17) is 4.98 Å². The van der Waals surface area contributed by atoms with Gasteiger partial charge in [-0.1, -0.05) is 182 Å². The molecule has 0 saturated carbocycles. The van der Waals surface area contributed by atoms with E-state index in [-0.39, 0.29) is 0 Å². The van der Waals surface area contributed by atoms with Crippen LogP contribution >= 0.6 is 0 Å². The topological polar surface area (TPSA) is 66.3 Å². The van der Waals surface area contributed by atoms with Gasteiger partial charge in [-0.3, -0.25) is 0 Å². The molecule has 0 atom stereocenters. The van der Waals surface area contributed by atoms with E-state index in [1.165, 1.54) is 87.2 Å². The molecule has 482 valence electrons. The van der Waals surface area contributed by atoms with Gasteiger partial charge in [0, 0.05) is 110 Å². The molecule has 104 heavy (non-hydrogen) atoms. The average molecular weight is 1320 g/mol. The summed E-state index contributed by atoms with van der Waals surface area (Å²) in [6.45, 7) is 0. The fourth-order valence-electron chi connectivity index (χ4n) is 17.2. The Kier molecular flexibility index (Phi) is 12.4. The van der Waals surface area contributed by atoms with E-state index >= 15 is 0 Å². The molecule has 22 aromatic rings. The first-order valence-corrected chi connectivity index (χ1v) is 35.4. The molecule has 15 aromatic carbocycles. The number of hydrogen-bond donors (Lipinski definition) is 0. The van der Waals surface area contributed by atoms with Gasteiger partial charge in [-0.15, -0.1) is 0 Å². The number of benzene rings is 15. The molecule has 0 radical (unpaired) electrons. The second kappa shape index (κ2) is 22.4. The first-order valence-electron chi connectivity index (χ1n) is 35.4. The van der Waals surface area contributed by atoms with Crippen LogP contribution in [-0.4, -0.2) is 32.4 Å². The Morgan fingerprint density at radius 1 is 0.183 bits per heavy atom. The highest BCUT2D eigenvalue weighted by atomic mass is 15.0. The Morgan fingerprint density at radius 3 is 0.644 bits per heavy atom. The molecule has 0 spiro atoms. The summed E-state index contributed by atoms with van der Waals surface area (Å²) in [6, 6.07) is 130. The van der Waals surface area contributed by atoms with E-state index in [2.05, 4.69) is 361 Å². The largest absolute Gasteiger partial charge is 0.309 e. The third-order valence-corrected chi connectivity index (χ3v) is 21.8. The first kappa shape index (κ1) is 57.6. The molecular formula is C96H58N8. The molecule has 8 nitrogen and oxygen atoms in total. The van der Waals surface area contributed by atoms with E-state index < -0.39 is 0 Å². The van der Waals surface area contributed by atoms with Crippen LogP contribution in [0.1, 0.15) is 5.56 Å². The van der Waals surface area contributed by atoms with Crippen LogP contribution in [0.2, 0.25) is 0 Å². The standard InChI is InChI=1S/C96H58N8/c97-59-60-33-35-61(36-34-60)64-53-83(62-37-41-65(42-38-62)99-93-49-45-67(101-85-25-9-1-17-71(85)72-18-2-10-26-86(72)101)55-79(93)80-56-68(46-50-94(80)99)102-87-27-11-3-19-73(87)74-20-4-12-28-88(74)102)98-84(54-64)63-39-43-66(44-40-63)100-95-51-47-69(103-89-29-13-5-21-75(89)76-22-6-14-30-90(76)103)57-81(95)82-58-70(48-52-96(82)100)104-91-31-15-7-23-77(91)78-24-8-16-32-92(78)104/h1-58H. The van der Waals surface area contributed by atoms with Gasteiger partial charge >= 0.3 is 0 Å². The monoisotopic (exact) mass is 1320 g/mol. The van der Waals surface area contributed by atoms with Gasteiger partial charge in [0.1, 0.15) is 0 Å². The molecule has 0 aliphatic heterocycles. The highest BCUT2D eigenvalue weighted by molar-refractivity contribution is 6.17. The van der Waals surface area contributed by atoms with Crippen molar-refractivity contribution in [1.82, 2.24) is 32.4 Å². The molecule has 7 heterocycles. The van der Waals surface area contributed by atoms with Gasteiger partial charge in [0.15, 0.2) is 0 Å². The van der Waals surface area contributed by atoms with Crippen LogP contribution in [0.5, 0.6) is 0 Å². The summed E-state index contributed by atoms with van der Waals surface area (Å²) in [6.07, 6.45) is 0. The van der Waals surface area contributed by atoms with E-state index in [1.54, 1.807) is 0 Å². The number of para-hydroxylation sites is 8. The number of hydrogen-bond acceptors (Lipinski definition) is 2. The van der Waals surface area contributed by atoms with Gasteiger partial charge < -0.3 is 27.4 Å². The van der Waals surface area contributed by atoms with Crippen molar-refractivity contribution in [1.29, 1.82) is 5.26 Å². The zero-order valence-corrected chi connectivity index (χ0v) is 56.1. The smallest absolute Gasteiger partial charge is 0.0991 e. The molecule has 8 heteroatoms. The second-order valence-electron chi connectivity index (χ2n) is 27.4. The lowest BCUT2D eigenvalue weighted by atomic mass is 9.99. The summed E-state index contributed by atoms with van der Waals surface area (Å²) in [5, 5.41) is 24.4. The minimum Gasteiger partial charge on any atom is -0.309 e. The summed E-state index contributed by atoms with van der Waals surface area (Å²) < 4.78 is 14.5. The molecule has 0 amide bonds. The second-order valence-corrected chi connectivity index (χ2v) is 27.4. The van der Waals surface area contributed by atoms with Crippen LogP contribution in [0.15, 0.2) is 352 Å². The van der Waals surface area contributed by atoms with E-state index in [1.807, 2.05) is 24.3 Å². The summed E-state index contributed by atoms with van der Waals surface area (Å²) in [5.41, 5.74) is 26.6. The normalized spacial score (nSPS) is 12.0. The molecule has 0 unspecified atom stereocenters. The van der Waals surface area contributed by atoms with Crippen molar-refractivity contribution in [2.45, 2.75) is 0 Å². The predicted octanol–water partition coefficient (Wildman–Crippen LogP) is 24.5. The Hall–Kier alpha value is -14.3. The molecule has 0 aliphatic rings. The van der Waals surface area contributed by atoms with Gasteiger partial charge in [0.2, 0.25) is 0 Å². The highest BCUT2D eigenvalue weighted by Crippen LogP contribution is 2.44. The Bertz CT molecular complexity index is 6440. The minimum absolute atomic E-state index is 0.612. The Labute approximate surface area is 596 Å². The van der Waals surface area contributed by atoms with E-state index in [0.29, 0.717) is 5.56 Å². The van der Waals surface area contributed by atoms with Crippen molar-refractivity contribution in [3.8, 4) is 73.8 Å². The van der Waals surface area contributed by atoms with Crippen molar-refractivity contribution in [3.63, 3.8) is 0 Å². The van der Waals surface area contributed by atoms with Crippen LogP contribution < -0.4 is 0 Å². The van der Waals surface area contributed by atoms with Crippen molar-refractivity contribution < 1.29 is 0 Å². The van der Waals surface area contributed by atoms with Gasteiger partial charge in [-0.2, -0.15) is 5.26 Å². The zero-order valence-electron chi connectivity index (χ0n) is 56.1. The lowest BCUT2D eigenvalue weighted by Gasteiger charge is -2.14. The highest BCUT2D eigenvalue weighted by Gasteiger charge is 2.23. The lowest BCUT2D eigenvalue weighted by molar-refractivity contribution is 1.16. The number of nitrogens with zero attached hydrogens (tertiary/aromatic N) is 8. The summed E-state index contributed by atoms with van der Waals surface area (Å²) in [7, 11) is 0. The quantitative estimate of drug-likeness (QED) is 0.145. The third-order valence-electron chi connectivity index (χ3n) is 21.8. The van der Waals surface area contributed by atoms with Gasteiger partial charge in [0.25, 0.3) is 0 Å². The molecule has 0 N–H and O–H groups in total. The van der Waals surface area contributed by atoms with E-state index in [0.717, 1.165) is 111 Å². The average Bonchev–Trinajstić information content (AvgIpc) is 1.57. The fraction of sp³-hybridized carbons (Fsp3) is 0. The van der Waals surface area contributed by atoms with Crippen LogP contribution in [0.25, 0.3) is 199 Å². The fourth-order valence-corrected chi connectivity index (χ4v) is 17.2. The number of pyridine rings is 1. The molecule has 0 saturated heterocycles. The van der Waals surface area contributed by atoms with Crippen LogP contribution in [0.4, 0.5) is 0 Å².